The first-order valence-corrected chi connectivity index (χ1v) is 18.2. The molecule has 0 aromatic heterocycles. The molecule has 4 rings (SSSR count). The summed E-state index contributed by atoms with van der Waals surface area (Å²) in [7, 11) is -0.355. The van der Waals surface area contributed by atoms with E-state index >= 15 is 0 Å². The molecule has 3 aliphatic rings. The second-order valence-corrected chi connectivity index (χ2v) is 18.1. The maximum atomic E-state index is 13.3. The van der Waals surface area contributed by atoms with Gasteiger partial charge in [0.05, 0.1) is 0 Å². The molecule has 3 heteroatoms. The molecule has 0 saturated heterocycles. The third kappa shape index (κ3) is 5.78. The highest BCUT2D eigenvalue weighted by Crippen LogP contribution is 2.63. The van der Waals surface area contributed by atoms with E-state index in [2.05, 4.69) is 74.4 Å². The Kier molecular flexibility index (Phi) is 10.1. The van der Waals surface area contributed by atoms with Gasteiger partial charge in [-0.2, -0.15) is 0 Å². The van der Waals surface area contributed by atoms with Crippen molar-refractivity contribution in [2.45, 2.75) is 119 Å². The Morgan fingerprint density at radius 3 is 1.86 bits per heavy atom. The molecule has 3 saturated carbocycles. The number of Topliss-reactive ketones (excluding diaryl/α,β-unsaturated/α-hetero) is 1. The van der Waals surface area contributed by atoms with Crippen LogP contribution in [0.4, 0.5) is 0 Å². The second-order valence-electron chi connectivity index (χ2n) is 12.5. The molecule has 0 radical (unpaired) electrons. The summed E-state index contributed by atoms with van der Waals surface area (Å²) in [6, 6.07) is 5.33. The van der Waals surface area contributed by atoms with Gasteiger partial charge >= 0.3 is 0 Å². The summed E-state index contributed by atoms with van der Waals surface area (Å²) >= 11 is 0. The maximum absolute atomic E-state index is 13.3. The van der Waals surface area contributed by atoms with Crippen molar-refractivity contribution in [2.24, 2.45) is 17.3 Å². The number of carbonyl (C=O) groups excluding carboxylic acids is 1. The molecule has 3 fully saturated rings. The smallest absolute Gasteiger partial charge is 0.137 e. The predicted molar refractivity (Wildman–Crippen MR) is 161 cm³/mol. The molecule has 2 bridgehead atoms. The van der Waals surface area contributed by atoms with Crippen LogP contribution in [0.5, 0.6) is 0 Å². The Morgan fingerprint density at radius 2 is 1.43 bits per heavy atom. The van der Waals surface area contributed by atoms with Gasteiger partial charge in [-0.1, -0.05) is 116 Å². The number of unbranched alkanes of at least 4 members (excludes halogenated alkanes) is 3. The van der Waals surface area contributed by atoms with Gasteiger partial charge in [-0.3, -0.25) is 4.79 Å². The van der Waals surface area contributed by atoms with Crippen LogP contribution >= 0.6 is 15.8 Å². The van der Waals surface area contributed by atoms with Gasteiger partial charge in [-0.25, -0.2) is 0 Å². The van der Waals surface area contributed by atoms with Gasteiger partial charge in [-0.15, -0.1) is 0 Å². The van der Waals surface area contributed by atoms with E-state index in [9.17, 15) is 4.79 Å². The number of fused-ring (bicyclic) bond motifs is 2. The average molecular weight is 517 g/mol. The van der Waals surface area contributed by atoms with Gasteiger partial charge in [0.25, 0.3) is 0 Å². The van der Waals surface area contributed by atoms with Gasteiger partial charge in [0, 0.05) is 12.3 Å². The molecule has 0 heterocycles. The summed E-state index contributed by atoms with van der Waals surface area (Å²) in [4.78, 5) is 13.3. The number of carbonyl (C=O) groups is 1. The van der Waals surface area contributed by atoms with E-state index in [0.29, 0.717) is 23.5 Å². The van der Waals surface area contributed by atoms with Gasteiger partial charge < -0.3 is 0 Å². The standard InChI is InChI=1S/C32H54OP2/c1-10-15-16-17-18-31(6,7)23-19-28(34(11-2)12-3)30(29(20-23)35(13-4)14-5)24-21-27(33)26-22-25(24)32(26,8)9/h19-20,24-26H,10-18,21-22H2,1-9H3. The van der Waals surface area contributed by atoms with Crippen molar-refractivity contribution in [2.75, 3.05) is 24.6 Å². The second kappa shape index (κ2) is 12.1. The van der Waals surface area contributed by atoms with Crippen molar-refractivity contribution in [1.82, 2.24) is 0 Å². The van der Waals surface area contributed by atoms with Crippen LogP contribution in [-0.2, 0) is 10.2 Å². The number of rotatable bonds is 13. The summed E-state index contributed by atoms with van der Waals surface area (Å²) in [5, 5.41) is 3.37. The molecular formula is C32H54OP2. The Bertz CT molecular complexity index is 829. The quantitative estimate of drug-likeness (QED) is 0.189. The molecule has 1 aromatic carbocycles. The highest BCUT2D eigenvalue weighted by atomic mass is 31.1. The van der Waals surface area contributed by atoms with E-state index in [-0.39, 0.29) is 26.7 Å². The highest BCUT2D eigenvalue weighted by molar-refractivity contribution is 7.67. The Morgan fingerprint density at radius 1 is 0.886 bits per heavy atom. The molecule has 1 aromatic rings. The minimum Gasteiger partial charge on any atom is -0.299 e. The minimum absolute atomic E-state index is 0.175. The minimum atomic E-state index is -0.178. The Balaban J connectivity index is 2.18. The van der Waals surface area contributed by atoms with E-state index in [0.717, 1.165) is 12.8 Å². The maximum Gasteiger partial charge on any atom is 0.137 e. The van der Waals surface area contributed by atoms with E-state index in [1.807, 2.05) is 0 Å². The topological polar surface area (TPSA) is 17.1 Å². The largest absolute Gasteiger partial charge is 0.299 e. The van der Waals surface area contributed by atoms with Crippen LogP contribution in [0.15, 0.2) is 12.1 Å². The predicted octanol–water partition coefficient (Wildman–Crippen LogP) is 8.95. The van der Waals surface area contributed by atoms with Crippen LogP contribution in [0.2, 0.25) is 0 Å². The fraction of sp³-hybridized carbons (Fsp3) is 0.781. The zero-order chi connectivity index (χ0) is 26.0. The number of hydrogen-bond acceptors (Lipinski definition) is 1. The zero-order valence-electron chi connectivity index (χ0n) is 24.5. The van der Waals surface area contributed by atoms with Crippen LogP contribution in [0, 0.1) is 17.3 Å². The van der Waals surface area contributed by atoms with Gasteiger partial charge in [0.1, 0.15) is 5.78 Å². The Labute approximate surface area is 220 Å². The van der Waals surface area contributed by atoms with E-state index in [4.69, 9.17) is 0 Å². The average Bonchev–Trinajstić information content (AvgIpc) is 2.82. The van der Waals surface area contributed by atoms with Crippen molar-refractivity contribution in [3.63, 3.8) is 0 Å². The third-order valence-corrected chi connectivity index (χ3v) is 14.9. The van der Waals surface area contributed by atoms with E-state index < -0.39 is 0 Å². The van der Waals surface area contributed by atoms with Gasteiger partial charge in [0.15, 0.2) is 0 Å². The molecular weight excluding hydrogens is 462 g/mol. The van der Waals surface area contributed by atoms with Crippen LogP contribution in [0.3, 0.4) is 0 Å². The first kappa shape index (κ1) is 29.3. The van der Waals surface area contributed by atoms with Crippen molar-refractivity contribution in [3.05, 3.63) is 23.3 Å². The van der Waals surface area contributed by atoms with Crippen molar-refractivity contribution in [1.29, 1.82) is 0 Å². The van der Waals surface area contributed by atoms with Crippen LogP contribution in [0.1, 0.15) is 124 Å². The molecule has 35 heavy (non-hydrogen) atoms. The van der Waals surface area contributed by atoms with E-state index in [1.54, 1.807) is 21.7 Å². The summed E-state index contributed by atoms with van der Waals surface area (Å²) in [6.07, 6.45) is 13.6. The van der Waals surface area contributed by atoms with Crippen molar-refractivity contribution in [3.8, 4) is 0 Å². The molecule has 0 aliphatic heterocycles. The fourth-order valence-electron chi connectivity index (χ4n) is 7.18. The van der Waals surface area contributed by atoms with Crippen LogP contribution in [0.25, 0.3) is 0 Å². The van der Waals surface area contributed by atoms with Gasteiger partial charge in [-0.05, 0) is 81.9 Å². The lowest BCUT2D eigenvalue weighted by Crippen LogP contribution is -2.57. The molecule has 0 N–H and O–H groups in total. The normalized spacial score (nSPS) is 23.7. The Hall–Kier alpha value is -0.250. The molecule has 0 spiro atoms. The molecule has 0 amide bonds. The summed E-state index contributed by atoms with van der Waals surface area (Å²) < 4.78 is 0. The van der Waals surface area contributed by atoms with Crippen LogP contribution in [-0.4, -0.2) is 30.4 Å². The zero-order valence-corrected chi connectivity index (χ0v) is 26.3. The summed E-state index contributed by atoms with van der Waals surface area (Å²) in [5.74, 6) is 1.98. The summed E-state index contributed by atoms with van der Waals surface area (Å²) in [5.41, 5.74) is 3.64. The first-order valence-electron chi connectivity index (χ1n) is 14.8. The van der Waals surface area contributed by atoms with Crippen LogP contribution < -0.4 is 10.6 Å². The number of ketones is 1. The monoisotopic (exact) mass is 516 g/mol. The lowest BCUT2D eigenvalue weighted by Gasteiger charge is -2.59. The first-order chi connectivity index (χ1) is 16.6. The van der Waals surface area contributed by atoms with Crippen molar-refractivity contribution < 1.29 is 4.79 Å². The number of hydrogen-bond donors (Lipinski definition) is 0. The summed E-state index contributed by atoms with van der Waals surface area (Å²) in [6.45, 7) is 21.7. The number of benzene rings is 1. The lowest BCUT2D eigenvalue weighted by molar-refractivity contribution is -0.151. The molecule has 3 unspecified atom stereocenters. The SMILES string of the molecule is CCCCCCC(C)(C)c1cc(P(CC)CC)c(C2CC(=O)C3CC2C3(C)C)c(P(CC)CC)c1. The molecule has 3 atom stereocenters. The molecule has 198 valence electrons. The lowest BCUT2D eigenvalue weighted by atomic mass is 9.44. The highest BCUT2D eigenvalue weighted by Gasteiger charge is 2.59. The molecule has 1 nitrogen and oxygen atoms in total. The van der Waals surface area contributed by atoms with E-state index in [1.165, 1.54) is 56.8 Å². The van der Waals surface area contributed by atoms with Gasteiger partial charge in [0.2, 0.25) is 0 Å². The van der Waals surface area contributed by atoms with Crippen molar-refractivity contribution >= 4 is 32.2 Å². The fourth-order valence-corrected chi connectivity index (χ4v) is 11.4. The third-order valence-electron chi connectivity index (χ3n) is 9.79. The molecule has 3 aliphatic carbocycles.